The lowest BCUT2D eigenvalue weighted by Crippen LogP contribution is -2.62. The highest BCUT2D eigenvalue weighted by atomic mass is 16.5. The Morgan fingerprint density at radius 1 is 0.976 bits per heavy atom. The second-order valence-electron chi connectivity index (χ2n) is 11.6. The Kier molecular flexibility index (Phi) is 8.92. The van der Waals surface area contributed by atoms with Gasteiger partial charge in [0.05, 0.1) is 0 Å². The number of fused-ring (bicyclic) bond motifs is 3. The largest absolute Gasteiger partial charge is 0.481 e. The smallest absolute Gasteiger partial charge is 0.408 e. The average Bonchev–Trinajstić information content (AvgIpc) is 3.53. The maximum atomic E-state index is 14.2. The molecule has 1 fully saturated rings. The predicted molar refractivity (Wildman–Crippen MR) is 161 cm³/mol. The zero-order valence-electron chi connectivity index (χ0n) is 24.3. The number of nitrogens with zero attached hydrogens (tertiary/aromatic N) is 2. The maximum absolute atomic E-state index is 14.2. The molecule has 8 nitrogen and oxygen atoms in total. The first-order valence-electron chi connectivity index (χ1n) is 14.7. The van der Waals surface area contributed by atoms with Gasteiger partial charge in [-0.15, -0.1) is 0 Å². The normalized spacial score (nSPS) is 18.0. The van der Waals surface area contributed by atoms with E-state index in [1.165, 1.54) is 0 Å². The summed E-state index contributed by atoms with van der Waals surface area (Å²) in [5, 5.41) is 12.2. The van der Waals surface area contributed by atoms with Crippen molar-refractivity contribution in [1.29, 1.82) is 0 Å². The molecule has 1 saturated heterocycles. The SMILES string of the molecule is CC(C)N(CCCC(=O)O)C(=O)C1(NC(=O)OCC2c3ccccc3-c3ccccc32)CCN(Cc2ccccc2)C1. The van der Waals surface area contributed by atoms with E-state index in [1.54, 1.807) is 4.90 Å². The third kappa shape index (κ3) is 6.34. The molecule has 1 aliphatic carbocycles. The molecule has 0 aromatic heterocycles. The number of amides is 2. The quantitative estimate of drug-likeness (QED) is 0.326. The van der Waals surface area contributed by atoms with Gasteiger partial charge < -0.3 is 20.1 Å². The Labute approximate surface area is 247 Å². The number of alkyl carbamates (subject to hydrolysis) is 1. The lowest BCUT2D eigenvalue weighted by molar-refractivity contribution is -0.141. The van der Waals surface area contributed by atoms with Gasteiger partial charge in [-0.2, -0.15) is 0 Å². The summed E-state index contributed by atoms with van der Waals surface area (Å²) in [7, 11) is 0. The van der Waals surface area contributed by atoms with Crippen molar-refractivity contribution in [2.75, 3.05) is 26.2 Å². The van der Waals surface area contributed by atoms with E-state index >= 15 is 0 Å². The van der Waals surface area contributed by atoms with Crippen molar-refractivity contribution < 1.29 is 24.2 Å². The van der Waals surface area contributed by atoms with Gasteiger partial charge in [0.1, 0.15) is 12.1 Å². The molecule has 42 heavy (non-hydrogen) atoms. The van der Waals surface area contributed by atoms with E-state index in [0.717, 1.165) is 27.8 Å². The Hall–Kier alpha value is -4.17. The van der Waals surface area contributed by atoms with E-state index in [2.05, 4.69) is 34.5 Å². The molecule has 3 aromatic rings. The zero-order chi connectivity index (χ0) is 29.7. The van der Waals surface area contributed by atoms with Crippen molar-refractivity contribution in [2.24, 2.45) is 0 Å². The average molecular weight is 570 g/mol. The molecule has 0 spiro atoms. The number of carboxylic acid groups (broad SMARTS) is 1. The van der Waals surface area contributed by atoms with Crippen LogP contribution in [0.25, 0.3) is 11.1 Å². The maximum Gasteiger partial charge on any atom is 0.408 e. The Morgan fingerprint density at radius 3 is 2.21 bits per heavy atom. The number of carbonyl (C=O) groups is 3. The molecule has 0 saturated carbocycles. The van der Waals surface area contributed by atoms with Gasteiger partial charge in [-0.05, 0) is 54.5 Å². The van der Waals surface area contributed by atoms with E-state index in [1.807, 2.05) is 68.4 Å². The molecule has 1 aliphatic heterocycles. The van der Waals surface area contributed by atoms with Gasteiger partial charge in [-0.25, -0.2) is 4.79 Å². The number of rotatable bonds is 11. The third-order valence-electron chi connectivity index (χ3n) is 8.37. The van der Waals surface area contributed by atoms with Crippen LogP contribution in [0.3, 0.4) is 0 Å². The highest BCUT2D eigenvalue weighted by Gasteiger charge is 2.48. The standard InChI is InChI=1S/C34H39N3O5/c1-24(2)37(19-10-17-31(38)39)32(40)34(18-20-36(23-34)21-25-11-4-3-5-12-25)35-33(41)42-22-30-28-15-8-6-13-26(28)27-14-7-9-16-29(27)30/h3-9,11-16,24,30H,10,17-23H2,1-2H3,(H,35,41)(H,38,39). The van der Waals surface area contributed by atoms with Gasteiger partial charge in [-0.3, -0.25) is 14.5 Å². The van der Waals surface area contributed by atoms with Crippen LogP contribution in [0, 0.1) is 0 Å². The van der Waals surface area contributed by atoms with Gasteiger partial charge in [0, 0.05) is 44.6 Å². The zero-order valence-corrected chi connectivity index (χ0v) is 24.3. The number of hydrogen-bond donors (Lipinski definition) is 2. The van der Waals surface area contributed by atoms with Crippen molar-refractivity contribution in [1.82, 2.24) is 15.1 Å². The van der Waals surface area contributed by atoms with Crippen molar-refractivity contribution in [3.05, 3.63) is 95.6 Å². The van der Waals surface area contributed by atoms with E-state index < -0.39 is 17.6 Å². The van der Waals surface area contributed by atoms with Crippen LogP contribution in [-0.4, -0.2) is 70.7 Å². The monoisotopic (exact) mass is 569 g/mol. The van der Waals surface area contributed by atoms with E-state index in [-0.39, 0.29) is 30.9 Å². The molecule has 1 unspecified atom stereocenters. The molecule has 0 radical (unpaired) electrons. The fourth-order valence-corrected chi connectivity index (χ4v) is 6.30. The molecule has 8 heteroatoms. The fourth-order valence-electron chi connectivity index (χ4n) is 6.30. The van der Waals surface area contributed by atoms with Crippen LogP contribution < -0.4 is 5.32 Å². The number of aliphatic carboxylic acids is 1. The summed E-state index contributed by atoms with van der Waals surface area (Å²) in [5.74, 6) is -1.18. The molecular formula is C34H39N3O5. The minimum Gasteiger partial charge on any atom is -0.481 e. The molecule has 1 atom stereocenters. The van der Waals surface area contributed by atoms with Crippen LogP contribution >= 0.6 is 0 Å². The molecule has 220 valence electrons. The first-order valence-corrected chi connectivity index (χ1v) is 14.7. The molecule has 2 aliphatic rings. The Morgan fingerprint density at radius 2 is 1.60 bits per heavy atom. The Balaban J connectivity index is 1.33. The summed E-state index contributed by atoms with van der Waals surface area (Å²) >= 11 is 0. The van der Waals surface area contributed by atoms with E-state index in [9.17, 15) is 14.4 Å². The van der Waals surface area contributed by atoms with Crippen LogP contribution in [0.2, 0.25) is 0 Å². The van der Waals surface area contributed by atoms with Gasteiger partial charge in [0.2, 0.25) is 5.91 Å². The number of ether oxygens (including phenoxy) is 1. The minimum absolute atomic E-state index is 0.0244. The van der Waals surface area contributed by atoms with Crippen molar-refractivity contribution in [2.45, 2.75) is 57.2 Å². The van der Waals surface area contributed by atoms with Crippen molar-refractivity contribution >= 4 is 18.0 Å². The van der Waals surface area contributed by atoms with Crippen LogP contribution in [0.15, 0.2) is 78.9 Å². The molecule has 1 heterocycles. The minimum atomic E-state index is -1.18. The molecule has 2 N–H and O–H groups in total. The lowest BCUT2D eigenvalue weighted by atomic mass is 9.95. The van der Waals surface area contributed by atoms with Gasteiger partial charge in [0.25, 0.3) is 0 Å². The lowest BCUT2D eigenvalue weighted by Gasteiger charge is -2.37. The van der Waals surface area contributed by atoms with Crippen molar-refractivity contribution in [3.8, 4) is 11.1 Å². The summed E-state index contributed by atoms with van der Waals surface area (Å²) in [6, 6.07) is 26.2. The number of nitrogens with one attached hydrogen (secondary N) is 1. The van der Waals surface area contributed by atoms with Gasteiger partial charge in [-0.1, -0.05) is 78.9 Å². The Bertz CT molecular complexity index is 1380. The van der Waals surface area contributed by atoms with Gasteiger partial charge in [0.15, 0.2) is 0 Å². The highest BCUT2D eigenvalue weighted by Crippen LogP contribution is 2.44. The third-order valence-corrected chi connectivity index (χ3v) is 8.37. The van der Waals surface area contributed by atoms with Crippen LogP contribution in [-0.2, 0) is 20.9 Å². The predicted octanol–water partition coefficient (Wildman–Crippen LogP) is 5.27. The van der Waals surface area contributed by atoms with Crippen LogP contribution in [0.4, 0.5) is 4.79 Å². The summed E-state index contributed by atoms with van der Waals surface area (Å²) in [6.45, 7) is 5.91. The number of hydrogen-bond acceptors (Lipinski definition) is 5. The highest BCUT2D eigenvalue weighted by molar-refractivity contribution is 5.91. The van der Waals surface area contributed by atoms with E-state index in [0.29, 0.717) is 39.0 Å². The summed E-state index contributed by atoms with van der Waals surface area (Å²) in [4.78, 5) is 42.7. The molecule has 3 aromatic carbocycles. The molecule has 2 amide bonds. The molecule has 0 bridgehead atoms. The second-order valence-corrected chi connectivity index (χ2v) is 11.6. The van der Waals surface area contributed by atoms with Gasteiger partial charge >= 0.3 is 12.1 Å². The summed E-state index contributed by atoms with van der Waals surface area (Å²) < 4.78 is 5.87. The fraction of sp³-hybridized carbons (Fsp3) is 0.382. The number of carbonyl (C=O) groups excluding carboxylic acids is 2. The van der Waals surface area contributed by atoms with E-state index in [4.69, 9.17) is 9.84 Å². The number of likely N-dealkylation sites (tertiary alicyclic amines) is 1. The number of carboxylic acids is 1. The van der Waals surface area contributed by atoms with Crippen molar-refractivity contribution in [3.63, 3.8) is 0 Å². The second kappa shape index (κ2) is 12.8. The first kappa shape index (κ1) is 29.3. The molecule has 5 rings (SSSR count). The summed E-state index contributed by atoms with van der Waals surface area (Å²) in [5.41, 5.74) is 4.49. The first-order chi connectivity index (χ1) is 20.3. The van der Waals surface area contributed by atoms with Crippen LogP contribution in [0.5, 0.6) is 0 Å². The molecular weight excluding hydrogens is 530 g/mol. The number of benzene rings is 3. The van der Waals surface area contributed by atoms with Crippen LogP contribution in [0.1, 0.15) is 55.7 Å². The topological polar surface area (TPSA) is 99.2 Å². The summed E-state index contributed by atoms with van der Waals surface area (Å²) in [6.07, 6.45) is 0.128.